The molecule has 0 spiro atoms. The molecule has 0 amide bonds. The van der Waals surface area contributed by atoms with Crippen molar-refractivity contribution < 1.29 is 9.84 Å². The van der Waals surface area contributed by atoms with Gasteiger partial charge in [-0.2, -0.15) is 5.26 Å². The average molecular weight is 221 g/mol. The second kappa shape index (κ2) is 6.77. The first-order chi connectivity index (χ1) is 7.76. The second-order valence-corrected chi connectivity index (χ2v) is 3.26. The zero-order valence-electron chi connectivity index (χ0n) is 9.23. The van der Waals surface area contributed by atoms with Gasteiger partial charge < -0.3 is 15.2 Å². The van der Waals surface area contributed by atoms with Crippen LogP contribution in [0.3, 0.4) is 0 Å². The standard InChI is InChI=1S/C11H15N3O2/c1-9-6-10(8-12)7-11(14-9)13-2-4-16-5-3-15/h6-7,15H,2-5H2,1H3,(H,13,14). The van der Waals surface area contributed by atoms with Crippen molar-refractivity contribution in [2.75, 3.05) is 31.7 Å². The molecular weight excluding hydrogens is 206 g/mol. The summed E-state index contributed by atoms with van der Waals surface area (Å²) in [5.74, 6) is 0.671. The summed E-state index contributed by atoms with van der Waals surface area (Å²) in [6.07, 6.45) is 0. The van der Waals surface area contributed by atoms with E-state index in [1.54, 1.807) is 12.1 Å². The summed E-state index contributed by atoms with van der Waals surface area (Å²) in [7, 11) is 0. The van der Waals surface area contributed by atoms with Crippen molar-refractivity contribution in [2.45, 2.75) is 6.92 Å². The Balaban J connectivity index is 2.42. The highest BCUT2D eigenvalue weighted by Gasteiger charge is 1.98. The Morgan fingerprint density at radius 1 is 1.50 bits per heavy atom. The lowest BCUT2D eigenvalue weighted by Crippen LogP contribution is -2.12. The number of aromatic nitrogens is 1. The van der Waals surface area contributed by atoms with E-state index in [4.69, 9.17) is 15.1 Å². The van der Waals surface area contributed by atoms with Gasteiger partial charge in [0.1, 0.15) is 5.82 Å². The van der Waals surface area contributed by atoms with Crippen LogP contribution < -0.4 is 5.32 Å². The minimum atomic E-state index is 0.0290. The van der Waals surface area contributed by atoms with Gasteiger partial charge in [-0.05, 0) is 19.1 Å². The molecule has 0 radical (unpaired) electrons. The SMILES string of the molecule is Cc1cc(C#N)cc(NCCOCCO)n1. The highest BCUT2D eigenvalue weighted by Crippen LogP contribution is 2.08. The molecule has 86 valence electrons. The van der Waals surface area contributed by atoms with Crippen LogP contribution in [-0.4, -0.2) is 36.5 Å². The fraction of sp³-hybridized carbons (Fsp3) is 0.455. The van der Waals surface area contributed by atoms with Crippen LogP contribution in [0.25, 0.3) is 0 Å². The number of aliphatic hydroxyl groups is 1. The topological polar surface area (TPSA) is 78.2 Å². The monoisotopic (exact) mass is 221 g/mol. The van der Waals surface area contributed by atoms with Crippen molar-refractivity contribution in [3.63, 3.8) is 0 Å². The van der Waals surface area contributed by atoms with Gasteiger partial charge in [0.15, 0.2) is 0 Å². The lowest BCUT2D eigenvalue weighted by Gasteiger charge is -2.07. The van der Waals surface area contributed by atoms with Gasteiger partial charge >= 0.3 is 0 Å². The predicted octanol–water partition coefficient (Wildman–Crippen LogP) is 0.682. The van der Waals surface area contributed by atoms with Crippen molar-refractivity contribution in [1.82, 2.24) is 4.98 Å². The number of aryl methyl sites for hydroxylation is 1. The lowest BCUT2D eigenvalue weighted by molar-refractivity contribution is 0.0992. The average Bonchev–Trinajstić information content (AvgIpc) is 2.28. The number of nitriles is 1. The zero-order chi connectivity index (χ0) is 11.8. The van der Waals surface area contributed by atoms with Crippen LogP contribution >= 0.6 is 0 Å². The van der Waals surface area contributed by atoms with E-state index in [0.717, 1.165) is 5.69 Å². The third-order valence-corrected chi connectivity index (χ3v) is 1.87. The van der Waals surface area contributed by atoms with Crippen molar-refractivity contribution >= 4 is 5.82 Å². The summed E-state index contributed by atoms with van der Waals surface area (Å²) in [5, 5.41) is 20.3. The number of aliphatic hydroxyl groups excluding tert-OH is 1. The summed E-state index contributed by atoms with van der Waals surface area (Å²) < 4.78 is 5.09. The Labute approximate surface area is 94.7 Å². The summed E-state index contributed by atoms with van der Waals surface area (Å²) >= 11 is 0. The number of anilines is 1. The molecule has 0 aromatic carbocycles. The van der Waals surface area contributed by atoms with E-state index in [9.17, 15) is 0 Å². The minimum Gasteiger partial charge on any atom is -0.394 e. The van der Waals surface area contributed by atoms with Crippen LogP contribution in [0, 0.1) is 18.3 Å². The first kappa shape index (κ1) is 12.4. The molecule has 0 atom stereocenters. The molecule has 5 nitrogen and oxygen atoms in total. The Morgan fingerprint density at radius 3 is 3.00 bits per heavy atom. The fourth-order valence-electron chi connectivity index (χ4n) is 1.24. The third-order valence-electron chi connectivity index (χ3n) is 1.87. The molecule has 0 saturated carbocycles. The molecule has 1 aromatic heterocycles. The van der Waals surface area contributed by atoms with Gasteiger partial charge in [0, 0.05) is 12.2 Å². The number of nitrogens with zero attached hydrogens (tertiary/aromatic N) is 2. The largest absolute Gasteiger partial charge is 0.394 e. The van der Waals surface area contributed by atoms with Gasteiger partial charge in [-0.25, -0.2) is 4.98 Å². The maximum Gasteiger partial charge on any atom is 0.127 e. The fourth-order valence-corrected chi connectivity index (χ4v) is 1.24. The van der Waals surface area contributed by atoms with Gasteiger partial charge in [-0.15, -0.1) is 0 Å². The summed E-state index contributed by atoms with van der Waals surface area (Å²) in [6, 6.07) is 5.50. The Kier molecular flexibility index (Phi) is 5.26. The Bertz CT molecular complexity index is 374. The summed E-state index contributed by atoms with van der Waals surface area (Å²) in [5.41, 5.74) is 1.39. The molecule has 1 heterocycles. The molecule has 0 unspecified atom stereocenters. The van der Waals surface area contributed by atoms with Crippen LogP contribution in [0.2, 0.25) is 0 Å². The molecule has 0 saturated heterocycles. The van der Waals surface area contributed by atoms with E-state index >= 15 is 0 Å². The smallest absolute Gasteiger partial charge is 0.127 e. The van der Waals surface area contributed by atoms with Crippen LogP contribution in [0.1, 0.15) is 11.3 Å². The highest BCUT2D eigenvalue weighted by atomic mass is 16.5. The van der Waals surface area contributed by atoms with Gasteiger partial charge in [0.25, 0.3) is 0 Å². The van der Waals surface area contributed by atoms with Gasteiger partial charge in [-0.3, -0.25) is 0 Å². The first-order valence-corrected chi connectivity index (χ1v) is 5.07. The molecule has 2 N–H and O–H groups in total. The number of nitrogens with one attached hydrogen (secondary N) is 1. The normalized spacial score (nSPS) is 9.81. The number of ether oxygens (including phenoxy) is 1. The van der Waals surface area contributed by atoms with E-state index in [0.29, 0.717) is 31.1 Å². The minimum absolute atomic E-state index is 0.0290. The first-order valence-electron chi connectivity index (χ1n) is 5.07. The molecular formula is C11H15N3O2. The number of hydrogen-bond acceptors (Lipinski definition) is 5. The maximum atomic E-state index is 8.77. The van der Waals surface area contributed by atoms with Crippen LogP contribution in [0.15, 0.2) is 12.1 Å². The molecule has 0 fully saturated rings. The lowest BCUT2D eigenvalue weighted by atomic mass is 10.2. The Hall–Kier alpha value is -1.64. The van der Waals surface area contributed by atoms with E-state index in [1.807, 2.05) is 6.92 Å². The Morgan fingerprint density at radius 2 is 2.31 bits per heavy atom. The van der Waals surface area contributed by atoms with Crippen molar-refractivity contribution in [3.8, 4) is 6.07 Å². The molecule has 0 aliphatic carbocycles. The van der Waals surface area contributed by atoms with E-state index < -0.39 is 0 Å². The maximum absolute atomic E-state index is 8.77. The van der Waals surface area contributed by atoms with Crippen LogP contribution in [0.4, 0.5) is 5.82 Å². The van der Waals surface area contributed by atoms with Gasteiger partial charge in [0.2, 0.25) is 0 Å². The second-order valence-electron chi connectivity index (χ2n) is 3.26. The molecule has 1 aromatic rings. The molecule has 0 aliphatic rings. The molecule has 0 aliphatic heterocycles. The van der Waals surface area contributed by atoms with E-state index in [-0.39, 0.29) is 6.61 Å². The molecule has 5 heteroatoms. The van der Waals surface area contributed by atoms with Crippen LogP contribution in [-0.2, 0) is 4.74 Å². The van der Waals surface area contributed by atoms with Gasteiger partial charge in [-0.1, -0.05) is 0 Å². The van der Waals surface area contributed by atoms with Crippen LogP contribution in [0.5, 0.6) is 0 Å². The van der Waals surface area contributed by atoms with Crippen molar-refractivity contribution in [3.05, 3.63) is 23.4 Å². The number of rotatable bonds is 6. The van der Waals surface area contributed by atoms with Crippen molar-refractivity contribution in [1.29, 1.82) is 5.26 Å². The third kappa shape index (κ3) is 4.26. The molecule has 1 rings (SSSR count). The quantitative estimate of drug-likeness (QED) is 0.691. The highest BCUT2D eigenvalue weighted by molar-refractivity contribution is 5.44. The number of hydrogen-bond donors (Lipinski definition) is 2. The zero-order valence-corrected chi connectivity index (χ0v) is 9.23. The summed E-state index contributed by atoms with van der Waals surface area (Å²) in [6.45, 7) is 3.31. The van der Waals surface area contributed by atoms with Gasteiger partial charge in [0.05, 0.1) is 31.5 Å². The molecule has 0 bridgehead atoms. The van der Waals surface area contributed by atoms with E-state index in [2.05, 4.69) is 16.4 Å². The van der Waals surface area contributed by atoms with Crippen molar-refractivity contribution in [2.24, 2.45) is 0 Å². The van der Waals surface area contributed by atoms with E-state index in [1.165, 1.54) is 0 Å². The number of pyridine rings is 1. The predicted molar refractivity (Wildman–Crippen MR) is 60.1 cm³/mol. The summed E-state index contributed by atoms with van der Waals surface area (Å²) in [4.78, 5) is 4.23. The molecule has 16 heavy (non-hydrogen) atoms.